The second-order valence-corrected chi connectivity index (χ2v) is 2.70. The first kappa shape index (κ1) is 6.93. The standard InChI is InChI=1S/C5H8OSe/c1-5(3-6)4-7-2/h3-4H,1-2H3/b5-4-. The monoisotopic (exact) mass is 164 g/mol. The fourth-order valence-corrected chi connectivity index (χ4v) is 1.11. The van der Waals surface area contributed by atoms with Crippen LogP contribution in [0.1, 0.15) is 6.92 Å². The van der Waals surface area contributed by atoms with Crippen molar-refractivity contribution in [3.8, 4) is 0 Å². The van der Waals surface area contributed by atoms with E-state index in [0.29, 0.717) is 15.0 Å². The summed E-state index contributed by atoms with van der Waals surface area (Å²) < 4.78 is 0. The molecule has 0 aromatic carbocycles. The first-order chi connectivity index (χ1) is 3.31. The molecule has 0 atom stereocenters. The molecule has 0 radical (unpaired) electrons. The molecular formula is C5H8OSe. The van der Waals surface area contributed by atoms with E-state index in [1.165, 1.54) is 0 Å². The number of hydrogen-bond acceptors (Lipinski definition) is 1. The van der Waals surface area contributed by atoms with Crippen molar-refractivity contribution in [2.24, 2.45) is 0 Å². The van der Waals surface area contributed by atoms with Gasteiger partial charge < -0.3 is 0 Å². The molecule has 0 aliphatic carbocycles. The molecule has 0 aliphatic heterocycles. The average Bonchev–Trinajstić information content (AvgIpc) is 1.68. The Bertz CT molecular complexity index is 86.1. The van der Waals surface area contributed by atoms with Crippen LogP contribution >= 0.6 is 0 Å². The van der Waals surface area contributed by atoms with Crippen LogP contribution in [0.2, 0.25) is 5.82 Å². The summed E-state index contributed by atoms with van der Waals surface area (Å²) in [5, 5.41) is 0. The Kier molecular flexibility index (Phi) is 4.06. The van der Waals surface area contributed by atoms with Crippen molar-refractivity contribution in [2.75, 3.05) is 0 Å². The van der Waals surface area contributed by atoms with Crippen molar-refractivity contribution in [3.05, 3.63) is 10.5 Å². The van der Waals surface area contributed by atoms with Crippen molar-refractivity contribution < 1.29 is 4.79 Å². The maximum atomic E-state index is 9.84. The summed E-state index contributed by atoms with van der Waals surface area (Å²) in [5.41, 5.74) is 0.850. The van der Waals surface area contributed by atoms with Gasteiger partial charge in [-0.15, -0.1) is 0 Å². The summed E-state index contributed by atoms with van der Waals surface area (Å²) >= 11 is 0.505. The summed E-state index contributed by atoms with van der Waals surface area (Å²) in [5.74, 6) is 2.07. The van der Waals surface area contributed by atoms with Gasteiger partial charge in [-0.05, 0) is 0 Å². The quantitative estimate of drug-likeness (QED) is 0.335. The Labute approximate surface area is 50.0 Å². The molecular weight excluding hydrogens is 155 g/mol. The van der Waals surface area contributed by atoms with Crippen molar-refractivity contribution in [1.82, 2.24) is 0 Å². The van der Waals surface area contributed by atoms with Gasteiger partial charge in [0.15, 0.2) is 0 Å². The number of allylic oxidation sites excluding steroid dienone is 1. The summed E-state index contributed by atoms with van der Waals surface area (Å²) in [6, 6.07) is 0. The fraction of sp³-hybridized carbons (Fsp3) is 0.400. The Morgan fingerprint density at radius 1 is 1.71 bits per heavy atom. The molecule has 0 heterocycles. The Morgan fingerprint density at radius 3 is 2.43 bits per heavy atom. The first-order valence-electron chi connectivity index (χ1n) is 1.96. The predicted molar refractivity (Wildman–Crippen MR) is 31.4 cm³/mol. The Balaban J connectivity index is 3.49. The topological polar surface area (TPSA) is 17.1 Å². The molecule has 0 N–H and O–H groups in total. The van der Waals surface area contributed by atoms with Crippen LogP contribution in [0, 0.1) is 0 Å². The van der Waals surface area contributed by atoms with E-state index in [9.17, 15) is 4.79 Å². The van der Waals surface area contributed by atoms with Gasteiger partial charge in [-0.1, -0.05) is 0 Å². The molecule has 0 aliphatic rings. The molecule has 0 fully saturated rings. The zero-order chi connectivity index (χ0) is 5.70. The minimum absolute atomic E-state index is 0.505. The van der Waals surface area contributed by atoms with Crippen LogP contribution in [-0.4, -0.2) is 21.2 Å². The van der Waals surface area contributed by atoms with Crippen LogP contribution in [0.3, 0.4) is 0 Å². The number of carbonyl (C=O) groups excluding carboxylic acids is 1. The van der Waals surface area contributed by atoms with Crippen LogP contribution in [-0.2, 0) is 4.79 Å². The number of rotatable bonds is 2. The van der Waals surface area contributed by atoms with Crippen molar-refractivity contribution >= 4 is 21.2 Å². The molecule has 0 bridgehead atoms. The van der Waals surface area contributed by atoms with Crippen LogP contribution in [0.4, 0.5) is 0 Å². The molecule has 0 spiro atoms. The second-order valence-electron chi connectivity index (χ2n) is 1.22. The zero-order valence-corrected chi connectivity index (χ0v) is 6.18. The molecule has 0 aromatic heterocycles. The molecule has 0 amide bonds. The van der Waals surface area contributed by atoms with E-state index in [0.717, 1.165) is 11.9 Å². The van der Waals surface area contributed by atoms with Crippen LogP contribution < -0.4 is 0 Å². The third-order valence-corrected chi connectivity index (χ3v) is 1.76. The van der Waals surface area contributed by atoms with Gasteiger partial charge >= 0.3 is 49.3 Å². The summed E-state index contributed by atoms with van der Waals surface area (Å²) in [4.78, 5) is 11.8. The molecule has 40 valence electrons. The van der Waals surface area contributed by atoms with Crippen molar-refractivity contribution in [1.29, 1.82) is 0 Å². The molecule has 0 rings (SSSR count). The van der Waals surface area contributed by atoms with E-state index in [4.69, 9.17) is 0 Å². The van der Waals surface area contributed by atoms with Gasteiger partial charge in [0, 0.05) is 0 Å². The van der Waals surface area contributed by atoms with Crippen molar-refractivity contribution in [3.63, 3.8) is 0 Å². The average molecular weight is 163 g/mol. The van der Waals surface area contributed by atoms with Gasteiger partial charge in [0.05, 0.1) is 0 Å². The van der Waals surface area contributed by atoms with Crippen molar-refractivity contribution in [2.45, 2.75) is 12.7 Å². The molecule has 7 heavy (non-hydrogen) atoms. The summed E-state index contributed by atoms with van der Waals surface area (Å²) in [7, 11) is 0. The number of hydrogen-bond donors (Lipinski definition) is 0. The molecule has 0 unspecified atom stereocenters. The van der Waals surface area contributed by atoms with Gasteiger partial charge in [0.1, 0.15) is 0 Å². The van der Waals surface area contributed by atoms with E-state index in [-0.39, 0.29) is 0 Å². The Morgan fingerprint density at radius 2 is 2.29 bits per heavy atom. The van der Waals surface area contributed by atoms with Gasteiger partial charge in [0.25, 0.3) is 0 Å². The predicted octanol–water partition coefficient (Wildman–Crippen LogP) is 0.841. The number of aldehydes is 1. The third-order valence-electron chi connectivity index (χ3n) is 0.490. The summed E-state index contributed by atoms with van der Waals surface area (Å²) in [6.07, 6.45) is 0.880. The van der Waals surface area contributed by atoms with E-state index < -0.39 is 0 Å². The maximum absolute atomic E-state index is 9.84. The second kappa shape index (κ2) is 4.10. The van der Waals surface area contributed by atoms with Crippen LogP contribution in [0.5, 0.6) is 0 Å². The zero-order valence-electron chi connectivity index (χ0n) is 4.47. The SMILES string of the molecule is C[Se]/C=C(/C)C=O. The van der Waals surface area contributed by atoms with Gasteiger partial charge in [0.2, 0.25) is 0 Å². The van der Waals surface area contributed by atoms with E-state index >= 15 is 0 Å². The fourth-order valence-electron chi connectivity index (χ4n) is 0.214. The van der Waals surface area contributed by atoms with E-state index in [2.05, 4.69) is 5.82 Å². The van der Waals surface area contributed by atoms with E-state index in [1.807, 2.05) is 11.9 Å². The third kappa shape index (κ3) is 3.77. The molecule has 2 heteroatoms. The molecule has 0 saturated heterocycles. The normalized spacial score (nSPS) is 11.4. The Hall–Kier alpha value is -0.0705. The van der Waals surface area contributed by atoms with Gasteiger partial charge in [-0.25, -0.2) is 0 Å². The first-order valence-corrected chi connectivity index (χ1v) is 4.66. The van der Waals surface area contributed by atoms with Crippen LogP contribution in [0.25, 0.3) is 0 Å². The van der Waals surface area contributed by atoms with Gasteiger partial charge in [-0.2, -0.15) is 0 Å². The van der Waals surface area contributed by atoms with E-state index in [1.54, 1.807) is 0 Å². The number of carbonyl (C=O) groups is 1. The minimum atomic E-state index is 0.505. The molecule has 0 aromatic rings. The summed E-state index contributed by atoms with van der Waals surface area (Å²) in [6.45, 7) is 1.82. The molecule has 1 nitrogen and oxygen atoms in total. The molecule has 0 saturated carbocycles. The van der Waals surface area contributed by atoms with Crippen LogP contribution in [0.15, 0.2) is 10.5 Å². The van der Waals surface area contributed by atoms with Gasteiger partial charge in [-0.3, -0.25) is 0 Å².